The number of hydrogen-bond donors (Lipinski definition) is 1. The van der Waals surface area contributed by atoms with Gasteiger partial charge in [0.05, 0.1) is 7.11 Å². The van der Waals surface area contributed by atoms with Crippen molar-refractivity contribution in [3.63, 3.8) is 0 Å². The lowest BCUT2D eigenvalue weighted by Crippen LogP contribution is -2.35. The van der Waals surface area contributed by atoms with Gasteiger partial charge in [-0.2, -0.15) is 13.2 Å². The van der Waals surface area contributed by atoms with Gasteiger partial charge in [-0.1, -0.05) is 15.9 Å². The first-order valence-electron chi connectivity index (χ1n) is 3.81. The molecule has 0 aliphatic heterocycles. The third-order valence-electron chi connectivity index (χ3n) is 1.30. The molecule has 0 aliphatic carbocycles. The standard InChI is InChI=1S/C7H9BrF3NO3/c1-15-6(14)4(8)3-12-5(13)2-7(9,10)11/h4H,2-3H2,1H3,(H,12,13). The van der Waals surface area contributed by atoms with E-state index in [0.29, 0.717) is 0 Å². The van der Waals surface area contributed by atoms with Crippen LogP contribution in [-0.2, 0) is 14.3 Å². The van der Waals surface area contributed by atoms with Gasteiger partial charge in [0, 0.05) is 6.54 Å². The van der Waals surface area contributed by atoms with Gasteiger partial charge < -0.3 is 10.1 Å². The van der Waals surface area contributed by atoms with E-state index in [2.05, 4.69) is 20.7 Å². The largest absolute Gasteiger partial charge is 0.468 e. The summed E-state index contributed by atoms with van der Waals surface area (Å²) < 4.78 is 39.4. The van der Waals surface area contributed by atoms with Crippen molar-refractivity contribution >= 4 is 27.8 Å². The van der Waals surface area contributed by atoms with E-state index in [1.165, 1.54) is 0 Å². The zero-order valence-corrected chi connectivity index (χ0v) is 9.31. The van der Waals surface area contributed by atoms with E-state index in [1.807, 2.05) is 5.32 Å². The van der Waals surface area contributed by atoms with Crippen molar-refractivity contribution in [1.29, 1.82) is 0 Å². The molecule has 0 heterocycles. The van der Waals surface area contributed by atoms with Crippen LogP contribution in [0.25, 0.3) is 0 Å². The number of nitrogens with one attached hydrogen (secondary N) is 1. The first-order valence-corrected chi connectivity index (χ1v) is 4.73. The van der Waals surface area contributed by atoms with Gasteiger partial charge >= 0.3 is 12.1 Å². The maximum absolute atomic E-state index is 11.7. The lowest BCUT2D eigenvalue weighted by Gasteiger charge is -2.10. The molecule has 0 aromatic carbocycles. The number of halogens is 4. The van der Waals surface area contributed by atoms with Crippen LogP contribution in [0, 0.1) is 0 Å². The predicted molar refractivity (Wildman–Crippen MR) is 48.4 cm³/mol. The number of amides is 1. The quantitative estimate of drug-likeness (QED) is 0.621. The van der Waals surface area contributed by atoms with Crippen LogP contribution in [0.2, 0.25) is 0 Å². The summed E-state index contributed by atoms with van der Waals surface area (Å²) in [6.07, 6.45) is -6.11. The highest BCUT2D eigenvalue weighted by atomic mass is 79.9. The zero-order chi connectivity index (χ0) is 12.1. The summed E-state index contributed by atoms with van der Waals surface area (Å²) in [5, 5.41) is 1.95. The monoisotopic (exact) mass is 291 g/mol. The molecule has 0 rings (SSSR count). The van der Waals surface area contributed by atoms with Gasteiger partial charge in [0.1, 0.15) is 11.2 Å². The maximum atomic E-state index is 11.7. The van der Waals surface area contributed by atoms with Crippen molar-refractivity contribution in [3.8, 4) is 0 Å². The molecule has 0 saturated carbocycles. The van der Waals surface area contributed by atoms with Crippen LogP contribution < -0.4 is 5.32 Å². The van der Waals surface area contributed by atoms with Crippen LogP contribution in [0.1, 0.15) is 6.42 Å². The molecule has 1 amide bonds. The maximum Gasteiger partial charge on any atom is 0.397 e. The van der Waals surface area contributed by atoms with E-state index in [-0.39, 0.29) is 6.54 Å². The Balaban J connectivity index is 3.86. The summed E-state index contributed by atoms with van der Waals surface area (Å²) in [6.45, 7) is -0.248. The Kier molecular flexibility index (Phi) is 5.63. The molecular weight excluding hydrogens is 283 g/mol. The second-order valence-electron chi connectivity index (χ2n) is 2.59. The number of methoxy groups -OCH3 is 1. The van der Waals surface area contributed by atoms with Crippen molar-refractivity contribution < 1.29 is 27.5 Å². The Hall–Kier alpha value is -0.790. The highest BCUT2D eigenvalue weighted by Gasteiger charge is 2.31. The lowest BCUT2D eigenvalue weighted by molar-refractivity contribution is -0.153. The molecule has 1 N–H and O–H groups in total. The number of ether oxygens (including phenoxy) is 1. The molecular formula is C7H9BrF3NO3. The van der Waals surface area contributed by atoms with Crippen molar-refractivity contribution in [2.75, 3.05) is 13.7 Å². The van der Waals surface area contributed by atoms with Gasteiger partial charge in [-0.3, -0.25) is 9.59 Å². The average molecular weight is 292 g/mol. The summed E-state index contributed by atoms with van der Waals surface area (Å²) >= 11 is 2.84. The molecule has 0 fully saturated rings. The van der Waals surface area contributed by atoms with E-state index in [9.17, 15) is 22.8 Å². The van der Waals surface area contributed by atoms with Crippen LogP contribution >= 0.6 is 15.9 Å². The molecule has 0 bridgehead atoms. The predicted octanol–water partition coefficient (Wildman–Crippen LogP) is 0.991. The van der Waals surface area contributed by atoms with Gasteiger partial charge in [-0.25, -0.2) is 0 Å². The summed E-state index contributed by atoms with van der Waals surface area (Å²) in [7, 11) is 1.13. The summed E-state index contributed by atoms with van der Waals surface area (Å²) in [5.41, 5.74) is 0. The first-order chi connectivity index (χ1) is 6.76. The van der Waals surface area contributed by atoms with Crippen LogP contribution in [0.3, 0.4) is 0 Å². The number of rotatable bonds is 4. The van der Waals surface area contributed by atoms with E-state index in [0.717, 1.165) is 7.11 Å². The zero-order valence-electron chi connectivity index (χ0n) is 7.73. The summed E-state index contributed by atoms with van der Waals surface area (Å²) in [6, 6.07) is 0. The van der Waals surface area contributed by atoms with E-state index in [4.69, 9.17) is 0 Å². The first kappa shape index (κ1) is 14.2. The molecule has 0 saturated heterocycles. The summed E-state index contributed by atoms with van der Waals surface area (Å²) in [4.78, 5) is 20.6. The number of alkyl halides is 4. The second-order valence-corrected chi connectivity index (χ2v) is 3.69. The Morgan fingerprint density at radius 2 is 2.00 bits per heavy atom. The average Bonchev–Trinajstić information content (AvgIpc) is 2.10. The molecule has 88 valence electrons. The Bertz CT molecular complexity index is 244. The van der Waals surface area contributed by atoms with E-state index < -0.39 is 29.3 Å². The molecule has 0 aromatic rings. The molecule has 0 aliphatic rings. The van der Waals surface area contributed by atoms with Gasteiger partial charge in [0.15, 0.2) is 0 Å². The minimum atomic E-state index is -4.54. The van der Waals surface area contributed by atoms with Crippen molar-refractivity contribution in [2.24, 2.45) is 0 Å². The highest BCUT2D eigenvalue weighted by molar-refractivity contribution is 9.10. The molecule has 15 heavy (non-hydrogen) atoms. The number of carbonyl (C=O) groups excluding carboxylic acids is 2. The SMILES string of the molecule is COC(=O)C(Br)CNC(=O)CC(F)(F)F. The minimum Gasteiger partial charge on any atom is -0.468 e. The van der Waals surface area contributed by atoms with Crippen molar-refractivity contribution in [1.82, 2.24) is 5.32 Å². The van der Waals surface area contributed by atoms with E-state index in [1.54, 1.807) is 0 Å². The fraction of sp³-hybridized carbons (Fsp3) is 0.714. The fourth-order valence-corrected chi connectivity index (χ4v) is 1.01. The summed E-state index contributed by atoms with van der Waals surface area (Å²) in [5.74, 6) is -1.85. The number of hydrogen-bond acceptors (Lipinski definition) is 3. The molecule has 1 atom stereocenters. The topological polar surface area (TPSA) is 55.4 Å². The molecule has 0 spiro atoms. The highest BCUT2D eigenvalue weighted by Crippen LogP contribution is 2.18. The van der Waals surface area contributed by atoms with Crippen molar-refractivity contribution in [2.45, 2.75) is 17.4 Å². The molecule has 0 aromatic heterocycles. The second kappa shape index (κ2) is 5.94. The van der Waals surface area contributed by atoms with Crippen molar-refractivity contribution in [3.05, 3.63) is 0 Å². The number of carbonyl (C=O) groups is 2. The van der Waals surface area contributed by atoms with Crippen LogP contribution in [0.4, 0.5) is 13.2 Å². The molecule has 8 heteroatoms. The molecule has 0 radical (unpaired) electrons. The number of esters is 1. The smallest absolute Gasteiger partial charge is 0.397 e. The Labute approximate surface area is 92.3 Å². The third-order valence-corrected chi connectivity index (χ3v) is 1.99. The van der Waals surface area contributed by atoms with Gasteiger partial charge in [0.2, 0.25) is 5.91 Å². The molecule has 4 nitrogen and oxygen atoms in total. The van der Waals surface area contributed by atoms with E-state index >= 15 is 0 Å². The Morgan fingerprint density at radius 1 is 1.47 bits per heavy atom. The fourth-order valence-electron chi connectivity index (χ4n) is 0.659. The minimum absolute atomic E-state index is 0.248. The molecule has 1 unspecified atom stereocenters. The van der Waals surface area contributed by atoms with Crippen LogP contribution in [0.5, 0.6) is 0 Å². The van der Waals surface area contributed by atoms with Gasteiger partial charge in [0.25, 0.3) is 0 Å². The third kappa shape index (κ3) is 7.18. The van der Waals surface area contributed by atoms with Gasteiger partial charge in [-0.05, 0) is 0 Å². The van der Waals surface area contributed by atoms with Crippen LogP contribution in [-0.4, -0.2) is 36.5 Å². The van der Waals surface area contributed by atoms with Gasteiger partial charge in [-0.15, -0.1) is 0 Å². The Morgan fingerprint density at radius 3 is 2.40 bits per heavy atom. The van der Waals surface area contributed by atoms with Crippen LogP contribution in [0.15, 0.2) is 0 Å². The normalized spacial score (nSPS) is 13.1. The lowest BCUT2D eigenvalue weighted by atomic mass is 10.3.